The minimum absolute atomic E-state index is 0.0559. The van der Waals surface area contributed by atoms with E-state index >= 15 is 0 Å². The number of amides is 3. The Bertz CT molecular complexity index is 523. The number of ether oxygens (including phenoxy) is 1. The van der Waals surface area contributed by atoms with E-state index in [0.29, 0.717) is 19.8 Å². The molecular weight excluding hydrogens is 262 g/mol. The molecule has 3 heterocycles. The lowest BCUT2D eigenvalue weighted by atomic mass is 10.00. The molecule has 1 aromatic heterocycles. The molecular formula is C12H15N5O3. The van der Waals surface area contributed by atoms with Gasteiger partial charge in [-0.1, -0.05) is 0 Å². The van der Waals surface area contributed by atoms with Gasteiger partial charge in [0.1, 0.15) is 5.69 Å². The van der Waals surface area contributed by atoms with Gasteiger partial charge in [0, 0.05) is 24.9 Å². The Morgan fingerprint density at radius 1 is 1.40 bits per heavy atom. The molecule has 2 saturated heterocycles. The van der Waals surface area contributed by atoms with E-state index < -0.39 is 6.03 Å². The first-order valence-electron chi connectivity index (χ1n) is 6.37. The van der Waals surface area contributed by atoms with Crippen LogP contribution < -0.4 is 11.1 Å². The third-order valence-electron chi connectivity index (χ3n) is 3.80. The molecule has 2 aliphatic rings. The zero-order valence-corrected chi connectivity index (χ0v) is 10.7. The lowest BCUT2D eigenvalue weighted by Crippen LogP contribution is -2.43. The van der Waals surface area contributed by atoms with E-state index in [1.807, 2.05) is 0 Å². The molecule has 2 aliphatic heterocycles. The van der Waals surface area contributed by atoms with Crippen molar-refractivity contribution in [2.75, 3.05) is 19.8 Å². The number of urea groups is 1. The predicted molar refractivity (Wildman–Crippen MR) is 67.7 cm³/mol. The molecule has 106 valence electrons. The molecule has 0 aliphatic carbocycles. The van der Waals surface area contributed by atoms with Crippen molar-refractivity contribution in [3.8, 4) is 0 Å². The summed E-state index contributed by atoms with van der Waals surface area (Å²) in [6.45, 7) is 1.38. The van der Waals surface area contributed by atoms with Crippen LogP contribution in [0, 0.1) is 5.92 Å². The Labute approximate surface area is 115 Å². The number of likely N-dealkylation sites (tertiary alicyclic amines) is 1. The number of nitrogens with zero attached hydrogens (tertiary/aromatic N) is 3. The van der Waals surface area contributed by atoms with E-state index in [-0.39, 0.29) is 29.6 Å². The Morgan fingerprint density at radius 2 is 2.25 bits per heavy atom. The summed E-state index contributed by atoms with van der Waals surface area (Å²) < 4.78 is 5.38. The Kier molecular flexibility index (Phi) is 3.23. The molecule has 0 unspecified atom stereocenters. The summed E-state index contributed by atoms with van der Waals surface area (Å²) in [4.78, 5) is 32.8. The summed E-state index contributed by atoms with van der Waals surface area (Å²) in [6, 6.07) is -0.717. The average Bonchev–Trinajstić information content (AvgIpc) is 3.03. The molecule has 8 nitrogen and oxygen atoms in total. The monoisotopic (exact) mass is 277 g/mol. The molecule has 3 atom stereocenters. The topological polar surface area (TPSA) is 110 Å². The van der Waals surface area contributed by atoms with Gasteiger partial charge >= 0.3 is 6.03 Å². The fraction of sp³-hybridized carbons (Fsp3) is 0.500. The second-order valence-electron chi connectivity index (χ2n) is 4.93. The first-order chi connectivity index (χ1) is 9.66. The number of aromatic nitrogens is 2. The lowest BCUT2D eigenvalue weighted by molar-refractivity contribution is 0.0912. The number of nitrogens with one attached hydrogen (secondary N) is 1. The first kappa shape index (κ1) is 12.8. The number of carbonyl (C=O) groups is 2. The minimum Gasteiger partial charge on any atom is -0.379 e. The number of rotatable bonds is 2. The summed E-state index contributed by atoms with van der Waals surface area (Å²) in [5, 5.41) is 2.88. The molecule has 0 saturated carbocycles. The van der Waals surface area contributed by atoms with Crippen LogP contribution >= 0.6 is 0 Å². The van der Waals surface area contributed by atoms with Gasteiger partial charge in [-0.15, -0.1) is 0 Å². The van der Waals surface area contributed by atoms with Gasteiger partial charge in [-0.3, -0.25) is 9.78 Å². The number of hydrogen-bond acceptors (Lipinski definition) is 5. The Morgan fingerprint density at radius 3 is 2.95 bits per heavy atom. The molecule has 3 N–H and O–H groups in total. The quantitative estimate of drug-likeness (QED) is 0.719. The Balaban J connectivity index is 1.72. The number of nitrogens with two attached hydrogens (primary N) is 1. The fourth-order valence-corrected chi connectivity index (χ4v) is 2.81. The van der Waals surface area contributed by atoms with Crippen LogP contribution in [0.5, 0.6) is 0 Å². The highest BCUT2D eigenvalue weighted by Gasteiger charge is 2.47. The largest absolute Gasteiger partial charge is 0.379 e. The molecule has 0 radical (unpaired) electrons. The van der Waals surface area contributed by atoms with Crippen LogP contribution in [-0.2, 0) is 4.74 Å². The van der Waals surface area contributed by atoms with Crippen molar-refractivity contribution in [1.82, 2.24) is 20.2 Å². The average molecular weight is 277 g/mol. The summed E-state index contributed by atoms with van der Waals surface area (Å²) in [5.74, 6) is -0.233. The third-order valence-corrected chi connectivity index (χ3v) is 3.80. The lowest BCUT2D eigenvalue weighted by Gasteiger charge is -2.19. The standard InChI is InChI=1S/C12H15N5O3/c13-12(19)17-4-9(7-5-20-6-10(7)17)16-11(18)8-3-14-1-2-15-8/h1-3,7,9-10H,4-6H2,(H2,13,19)(H,16,18)/t7-,9-,10-/m1/s1. The molecule has 0 aromatic carbocycles. The van der Waals surface area contributed by atoms with Gasteiger partial charge in [0.05, 0.1) is 31.5 Å². The van der Waals surface area contributed by atoms with E-state index in [9.17, 15) is 9.59 Å². The maximum atomic E-state index is 12.1. The maximum absolute atomic E-state index is 12.1. The molecule has 8 heteroatoms. The van der Waals surface area contributed by atoms with Gasteiger partial charge < -0.3 is 20.7 Å². The van der Waals surface area contributed by atoms with Crippen molar-refractivity contribution in [3.63, 3.8) is 0 Å². The molecule has 0 spiro atoms. The number of hydrogen-bond donors (Lipinski definition) is 2. The van der Waals surface area contributed by atoms with Crippen molar-refractivity contribution in [1.29, 1.82) is 0 Å². The van der Waals surface area contributed by atoms with Gasteiger partial charge in [-0.05, 0) is 0 Å². The van der Waals surface area contributed by atoms with E-state index in [1.54, 1.807) is 4.90 Å². The SMILES string of the molecule is NC(=O)N1C[C@@H](NC(=O)c2cnccn2)[C@H]2COC[C@H]21. The van der Waals surface area contributed by atoms with E-state index in [0.717, 1.165) is 0 Å². The van der Waals surface area contributed by atoms with Crippen molar-refractivity contribution in [2.45, 2.75) is 12.1 Å². The molecule has 20 heavy (non-hydrogen) atoms. The van der Waals surface area contributed by atoms with E-state index in [1.165, 1.54) is 18.6 Å². The Hall–Kier alpha value is -2.22. The zero-order chi connectivity index (χ0) is 14.1. The van der Waals surface area contributed by atoms with Crippen molar-refractivity contribution in [3.05, 3.63) is 24.3 Å². The number of carbonyl (C=O) groups excluding carboxylic acids is 2. The van der Waals surface area contributed by atoms with Gasteiger partial charge in [0.2, 0.25) is 0 Å². The second kappa shape index (κ2) is 5.04. The van der Waals surface area contributed by atoms with Crippen molar-refractivity contribution in [2.24, 2.45) is 11.7 Å². The summed E-state index contributed by atoms with van der Waals surface area (Å²) >= 11 is 0. The number of primary amides is 1. The summed E-state index contributed by atoms with van der Waals surface area (Å²) in [7, 11) is 0. The number of fused-ring (bicyclic) bond motifs is 1. The highest BCUT2D eigenvalue weighted by atomic mass is 16.5. The van der Waals surface area contributed by atoms with Gasteiger partial charge in [-0.2, -0.15) is 0 Å². The first-order valence-corrected chi connectivity index (χ1v) is 6.37. The maximum Gasteiger partial charge on any atom is 0.315 e. The van der Waals surface area contributed by atoms with Crippen LogP contribution in [-0.4, -0.2) is 58.6 Å². The van der Waals surface area contributed by atoms with E-state index in [4.69, 9.17) is 10.5 Å². The van der Waals surface area contributed by atoms with Gasteiger partial charge in [-0.25, -0.2) is 9.78 Å². The molecule has 1 aromatic rings. The molecule has 3 amide bonds. The van der Waals surface area contributed by atoms with Crippen LogP contribution in [0.1, 0.15) is 10.5 Å². The van der Waals surface area contributed by atoms with Crippen LogP contribution in [0.3, 0.4) is 0 Å². The normalized spacial score (nSPS) is 28.2. The van der Waals surface area contributed by atoms with Crippen LogP contribution in [0.15, 0.2) is 18.6 Å². The van der Waals surface area contributed by atoms with Crippen molar-refractivity contribution >= 4 is 11.9 Å². The summed E-state index contributed by atoms with van der Waals surface area (Å²) in [5.41, 5.74) is 5.60. The van der Waals surface area contributed by atoms with Crippen LogP contribution in [0.4, 0.5) is 4.79 Å². The highest BCUT2D eigenvalue weighted by molar-refractivity contribution is 5.92. The fourth-order valence-electron chi connectivity index (χ4n) is 2.81. The van der Waals surface area contributed by atoms with Gasteiger partial charge in [0.25, 0.3) is 5.91 Å². The minimum atomic E-state index is -0.484. The molecule has 3 rings (SSSR count). The predicted octanol–water partition coefficient (Wildman–Crippen LogP) is -1.02. The van der Waals surface area contributed by atoms with Gasteiger partial charge in [0.15, 0.2) is 0 Å². The summed E-state index contributed by atoms with van der Waals surface area (Å²) in [6.07, 6.45) is 4.36. The smallest absolute Gasteiger partial charge is 0.315 e. The third kappa shape index (κ3) is 2.18. The van der Waals surface area contributed by atoms with Crippen LogP contribution in [0.2, 0.25) is 0 Å². The molecule has 0 bridgehead atoms. The zero-order valence-electron chi connectivity index (χ0n) is 10.7. The van der Waals surface area contributed by atoms with Crippen molar-refractivity contribution < 1.29 is 14.3 Å². The van der Waals surface area contributed by atoms with E-state index in [2.05, 4.69) is 15.3 Å². The second-order valence-corrected chi connectivity index (χ2v) is 4.93. The highest BCUT2D eigenvalue weighted by Crippen LogP contribution is 2.30. The molecule has 2 fully saturated rings. The van der Waals surface area contributed by atoms with Crippen LogP contribution in [0.25, 0.3) is 0 Å².